The molecule has 6 heteroatoms. The van der Waals surface area contributed by atoms with Gasteiger partial charge in [-0.05, 0) is 31.5 Å². The van der Waals surface area contributed by atoms with Gasteiger partial charge < -0.3 is 20.6 Å². The molecule has 28 heavy (non-hydrogen) atoms. The molecular formula is C22H27N3O3. The number of hydrogen-bond donors (Lipinski definition) is 3. The fourth-order valence-corrected chi connectivity index (χ4v) is 3.83. The summed E-state index contributed by atoms with van der Waals surface area (Å²) in [6.45, 7) is 3.96. The van der Waals surface area contributed by atoms with Gasteiger partial charge in [-0.3, -0.25) is 4.79 Å². The summed E-state index contributed by atoms with van der Waals surface area (Å²) in [4.78, 5) is 26.9. The average Bonchev–Trinajstić information content (AvgIpc) is 2.68. The molecule has 3 N–H and O–H groups in total. The minimum atomic E-state index is -0.324. The van der Waals surface area contributed by atoms with Crippen LogP contribution in [-0.4, -0.2) is 53.2 Å². The van der Waals surface area contributed by atoms with Gasteiger partial charge >= 0.3 is 6.03 Å². The average molecular weight is 381 g/mol. The van der Waals surface area contributed by atoms with Crippen LogP contribution >= 0.6 is 0 Å². The van der Waals surface area contributed by atoms with E-state index in [2.05, 4.69) is 10.6 Å². The molecule has 3 rings (SSSR count). The predicted octanol–water partition coefficient (Wildman–Crippen LogP) is 2.36. The van der Waals surface area contributed by atoms with Gasteiger partial charge in [0, 0.05) is 24.1 Å². The van der Waals surface area contributed by atoms with Crippen LogP contribution in [0.25, 0.3) is 0 Å². The first-order valence-electron chi connectivity index (χ1n) is 9.60. The summed E-state index contributed by atoms with van der Waals surface area (Å²) < 4.78 is 0. The van der Waals surface area contributed by atoms with E-state index in [0.29, 0.717) is 12.1 Å². The number of hydrogen-bond acceptors (Lipinski definition) is 3. The molecule has 0 radical (unpaired) electrons. The van der Waals surface area contributed by atoms with Crippen molar-refractivity contribution in [1.82, 2.24) is 15.5 Å². The van der Waals surface area contributed by atoms with Gasteiger partial charge in [-0.2, -0.15) is 0 Å². The number of likely N-dealkylation sites (tertiary alicyclic amines) is 1. The maximum atomic E-state index is 13.1. The molecule has 6 nitrogen and oxygen atoms in total. The van der Waals surface area contributed by atoms with Crippen LogP contribution in [0.5, 0.6) is 0 Å². The molecule has 1 aliphatic heterocycles. The summed E-state index contributed by atoms with van der Waals surface area (Å²) in [5.74, 6) is -0.180. The second-order valence-corrected chi connectivity index (χ2v) is 7.34. The number of nitrogens with one attached hydrogen (secondary N) is 2. The first-order chi connectivity index (χ1) is 13.5. The Bertz CT molecular complexity index is 795. The Hall–Kier alpha value is -2.86. The highest BCUT2D eigenvalue weighted by Gasteiger charge is 2.51. The Labute approximate surface area is 165 Å². The number of carbonyl (C=O) groups is 2. The van der Waals surface area contributed by atoms with Gasteiger partial charge in [0.05, 0.1) is 18.7 Å². The molecule has 2 aromatic rings. The van der Waals surface area contributed by atoms with Crippen LogP contribution in [0.4, 0.5) is 4.79 Å². The van der Waals surface area contributed by atoms with E-state index in [1.807, 2.05) is 62.4 Å². The number of aliphatic hydroxyl groups is 1. The molecule has 0 saturated carbocycles. The third-order valence-corrected chi connectivity index (χ3v) is 5.06. The highest BCUT2D eigenvalue weighted by atomic mass is 16.3. The Morgan fingerprint density at radius 1 is 1.00 bits per heavy atom. The zero-order chi connectivity index (χ0) is 20.1. The first-order valence-corrected chi connectivity index (χ1v) is 9.60. The molecule has 3 atom stereocenters. The van der Waals surface area contributed by atoms with Crippen molar-refractivity contribution >= 4 is 11.9 Å². The van der Waals surface area contributed by atoms with E-state index in [1.165, 1.54) is 0 Å². The summed E-state index contributed by atoms with van der Waals surface area (Å²) in [6, 6.07) is 18.1. The van der Waals surface area contributed by atoms with E-state index in [4.69, 9.17) is 0 Å². The van der Waals surface area contributed by atoms with Crippen LogP contribution in [0, 0.1) is 0 Å². The second kappa shape index (κ2) is 8.89. The molecule has 1 heterocycles. The molecule has 1 fully saturated rings. The minimum absolute atomic E-state index is 0.0264. The lowest BCUT2D eigenvalue weighted by Gasteiger charge is -2.55. The first kappa shape index (κ1) is 19.9. The van der Waals surface area contributed by atoms with Crippen molar-refractivity contribution in [2.45, 2.75) is 37.9 Å². The van der Waals surface area contributed by atoms with Gasteiger partial charge in [0.15, 0.2) is 0 Å². The largest absolute Gasteiger partial charge is 0.394 e. The van der Waals surface area contributed by atoms with Crippen molar-refractivity contribution in [3.8, 4) is 0 Å². The monoisotopic (exact) mass is 381 g/mol. The number of rotatable bonds is 6. The normalized spacial score (nSPS) is 21.1. The van der Waals surface area contributed by atoms with Crippen molar-refractivity contribution in [1.29, 1.82) is 0 Å². The van der Waals surface area contributed by atoms with Crippen molar-refractivity contribution in [2.24, 2.45) is 0 Å². The number of aliphatic hydroxyl groups excluding tert-OH is 1. The number of nitrogens with zero attached hydrogens (tertiary/aromatic N) is 1. The highest BCUT2D eigenvalue weighted by Crippen LogP contribution is 2.41. The molecule has 0 bridgehead atoms. The van der Waals surface area contributed by atoms with Crippen LogP contribution in [-0.2, 0) is 0 Å². The van der Waals surface area contributed by atoms with Crippen molar-refractivity contribution in [3.05, 3.63) is 71.8 Å². The predicted molar refractivity (Wildman–Crippen MR) is 108 cm³/mol. The van der Waals surface area contributed by atoms with Gasteiger partial charge in [-0.25, -0.2) is 4.79 Å². The van der Waals surface area contributed by atoms with E-state index in [9.17, 15) is 14.7 Å². The fraction of sp³-hybridized carbons (Fsp3) is 0.364. The summed E-state index contributed by atoms with van der Waals surface area (Å²) in [7, 11) is 0. The van der Waals surface area contributed by atoms with Crippen molar-refractivity contribution in [2.75, 3.05) is 13.2 Å². The standard InChI is InChI=1S/C22H27N3O3/c1-15(2)24-22(28)23-13-18-20(16-9-5-3-6-10-16)19(14-26)25(18)21(27)17-11-7-4-8-12-17/h3-12,15,18-20,26H,13-14H2,1-2H3,(H2,23,24,28)/t18-,19-,20-/m0/s1. The Kier molecular flexibility index (Phi) is 6.31. The third-order valence-electron chi connectivity index (χ3n) is 5.06. The Morgan fingerprint density at radius 2 is 1.61 bits per heavy atom. The zero-order valence-electron chi connectivity index (χ0n) is 16.2. The molecule has 2 aromatic carbocycles. The molecule has 0 unspecified atom stereocenters. The van der Waals surface area contributed by atoms with Crippen LogP contribution in [0.1, 0.15) is 35.7 Å². The maximum absolute atomic E-state index is 13.1. The lowest BCUT2D eigenvalue weighted by atomic mass is 9.74. The topological polar surface area (TPSA) is 81.7 Å². The number of carbonyl (C=O) groups excluding carboxylic acids is 2. The number of amides is 3. The second-order valence-electron chi connectivity index (χ2n) is 7.34. The number of benzene rings is 2. The molecule has 1 saturated heterocycles. The quantitative estimate of drug-likeness (QED) is 0.718. The molecular weight excluding hydrogens is 354 g/mol. The number of urea groups is 1. The SMILES string of the molecule is CC(C)NC(=O)NC[C@H]1[C@H](c2ccccc2)[C@H](CO)N1C(=O)c1ccccc1. The molecule has 3 amide bonds. The molecule has 148 valence electrons. The van der Waals surface area contributed by atoms with Crippen LogP contribution in [0.15, 0.2) is 60.7 Å². The van der Waals surface area contributed by atoms with E-state index in [0.717, 1.165) is 5.56 Å². The third kappa shape index (κ3) is 4.17. The van der Waals surface area contributed by atoms with Gasteiger partial charge in [0.1, 0.15) is 0 Å². The van der Waals surface area contributed by atoms with E-state index >= 15 is 0 Å². The Balaban J connectivity index is 1.83. The van der Waals surface area contributed by atoms with Crippen molar-refractivity contribution in [3.63, 3.8) is 0 Å². The zero-order valence-corrected chi connectivity index (χ0v) is 16.2. The summed E-state index contributed by atoms with van der Waals surface area (Å²) in [5, 5.41) is 15.7. The van der Waals surface area contributed by atoms with Gasteiger partial charge in [0.25, 0.3) is 5.91 Å². The highest BCUT2D eigenvalue weighted by molar-refractivity contribution is 5.95. The summed E-state index contributed by atoms with van der Waals surface area (Å²) in [5.41, 5.74) is 1.62. The lowest BCUT2D eigenvalue weighted by Crippen LogP contribution is -2.68. The van der Waals surface area contributed by atoms with E-state index in [1.54, 1.807) is 17.0 Å². The van der Waals surface area contributed by atoms with Gasteiger partial charge in [-0.1, -0.05) is 48.5 Å². The summed E-state index contributed by atoms with van der Waals surface area (Å²) in [6.07, 6.45) is 0. The van der Waals surface area contributed by atoms with Crippen LogP contribution < -0.4 is 10.6 Å². The van der Waals surface area contributed by atoms with Crippen LogP contribution in [0.2, 0.25) is 0 Å². The van der Waals surface area contributed by atoms with Gasteiger partial charge in [-0.15, -0.1) is 0 Å². The van der Waals surface area contributed by atoms with Crippen LogP contribution in [0.3, 0.4) is 0 Å². The fourth-order valence-electron chi connectivity index (χ4n) is 3.83. The smallest absolute Gasteiger partial charge is 0.315 e. The van der Waals surface area contributed by atoms with Crippen molar-refractivity contribution < 1.29 is 14.7 Å². The molecule has 0 aromatic heterocycles. The summed E-state index contributed by atoms with van der Waals surface area (Å²) >= 11 is 0. The molecule has 1 aliphatic rings. The Morgan fingerprint density at radius 3 is 2.18 bits per heavy atom. The lowest BCUT2D eigenvalue weighted by molar-refractivity contribution is -0.0237. The molecule has 0 aliphatic carbocycles. The molecule has 0 spiro atoms. The van der Waals surface area contributed by atoms with E-state index < -0.39 is 0 Å². The minimum Gasteiger partial charge on any atom is -0.394 e. The van der Waals surface area contributed by atoms with Gasteiger partial charge in [0.2, 0.25) is 0 Å². The van der Waals surface area contributed by atoms with E-state index in [-0.39, 0.29) is 42.6 Å². The maximum Gasteiger partial charge on any atom is 0.315 e.